The molecule has 0 saturated carbocycles. The van der Waals surface area contributed by atoms with Gasteiger partial charge in [0.25, 0.3) is 0 Å². The molecule has 0 amide bonds. The lowest BCUT2D eigenvalue weighted by Gasteiger charge is -2.14. The maximum absolute atomic E-state index is 12.8. The molecule has 18 heavy (non-hydrogen) atoms. The van der Waals surface area contributed by atoms with E-state index in [0.29, 0.717) is 5.92 Å². The van der Waals surface area contributed by atoms with Crippen molar-refractivity contribution >= 4 is 12.4 Å². The van der Waals surface area contributed by atoms with Gasteiger partial charge >= 0.3 is 6.29 Å². The van der Waals surface area contributed by atoms with Gasteiger partial charge in [-0.15, -0.1) is 21.2 Å². The van der Waals surface area contributed by atoms with E-state index in [9.17, 15) is 8.78 Å². The van der Waals surface area contributed by atoms with Crippen LogP contribution < -0.4 is 15.2 Å². The number of benzene rings is 1. The summed E-state index contributed by atoms with van der Waals surface area (Å²) in [5.41, 5.74) is 6.75. The molecule has 0 unspecified atom stereocenters. The molecule has 2 rings (SSSR count). The first-order chi connectivity index (χ1) is 7.87. The van der Waals surface area contributed by atoms with Crippen LogP contribution in [0.4, 0.5) is 8.78 Å². The average Bonchev–Trinajstić information content (AvgIpc) is 2.48. The SMILES string of the molecule is CC(C)C[C@@H](N)c1ccc2c(c1)OC(F)(F)O2.Cl. The Kier molecular flexibility index (Phi) is 4.40. The second kappa shape index (κ2) is 5.28. The summed E-state index contributed by atoms with van der Waals surface area (Å²) in [6.45, 7) is 4.11. The zero-order valence-electron chi connectivity index (χ0n) is 10.2. The number of hydrogen-bond donors (Lipinski definition) is 1. The van der Waals surface area contributed by atoms with Crippen molar-refractivity contribution in [2.45, 2.75) is 32.6 Å². The van der Waals surface area contributed by atoms with Crippen LogP contribution in [0.2, 0.25) is 0 Å². The molecule has 0 spiro atoms. The molecular weight excluding hydrogens is 264 g/mol. The molecule has 6 heteroatoms. The average molecular weight is 280 g/mol. The lowest BCUT2D eigenvalue weighted by Crippen LogP contribution is -2.25. The fourth-order valence-corrected chi connectivity index (χ4v) is 1.84. The summed E-state index contributed by atoms with van der Waals surface area (Å²) < 4.78 is 34.3. The zero-order valence-corrected chi connectivity index (χ0v) is 11.0. The fourth-order valence-electron chi connectivity index (χ4n) is 1.84. The van der Waals surface area contributed by atoms with E-state index in [0.717, 1.165) is 12.0 Å². The van der Waals surface area contributed by atoms with Crippen LogP contribution in [0.1, 0.15) is 31.9 Å². The molecule has 0 aromatic heterocycles. The molecule has 102 valence electrons. The number of hydrogen-bond acceptors (Lipinski definition) is 3. The van der Waals surface area contributed by atoms with Gasteiger partial charge in [0.1, 0.15) is 0 Å². The molecule has 1 aliphatic rings. The molecular formula is C12H16ClF2NO2. The molecule has 1 aromatic rings. The van der Waals surface area contributed by atoms with Crippen LogP contribution in [0.25, 0.3) is 0 Å². The highest BCUT2D eigenvalue weighted by atomic mass is 35.5. The fraction of sp³-hybridized carbons (Fsp3) is 0.500. The summed E-state index contributed by atoms with van der Waals surface area (Å²) in [7, 11) is 0. The molecule has 1 aromatic carbocycles. The molecule has 1 aliphatic heterocycles. The van der Waals surface area contributed by atoms with E-state index in [-0.39, 0.29) is 29.9 Å². The van der Waals surface area contributed by atoms with Crippen molar-refractivity contribution in [3.05, 3.63) is 23.8 Å². The van der Waals surface area contributed by atoms with Gasteiger partial charge < -0.3 is 15.2 Å². The first-order valence-electron chi connectivity index (χ1n) is 5.53. The minimum Gasteiger partial charge on any atom is -0.395 e. The Bertz CT molecular complexity index is 427. The molecule has 1 heterocycles. The van der Waals surface area contributed by atoms with Gasteiger partial charge in [-0.3, -0.25) is 0 Å². The van der Waals surface area contributed by atoms with E-state index in [1.807, 2.05) is 0 Å². The van der Waals surface area contributed by atoms with Crippen molar-refractivity contribution in [2.24, 2.45) is 11.7 Å². The van der Waals surface area contributed by atoms with Crippen LogP contribution in [0.15, 0.2) is 18.2 Å². The summed E-state index contributed by atoms with van der Waals surface area (Å²) in [5.74, 6) is 0.541. The third-order valence-corrected chi connectivity index (χ3v) is 2.58. The summed E-state index contributed by atoms with van der Waals surface area (Å²) in [4.78, 5) is 0. The molecule has 0 bridgehead atoms. The van der Waals surface area contributed by atoms with Gasteiger partial charge in [0.05, 0.1) is 0 Å². The highest BCUT2D eigenvalue weighted by molar-refractivity contribution is 5.85. The molecule has 0 aliphatic carbocycles. The van der Waals surface area contributed by atoms with Gasteiger partial charge in [0.2, 0.25) is 0 Å². The molecule has 2 N–H and O–H groups in total. The van der Waals surface area contributed by atoms with E-state index in [4.69, 9.17) is 5.73 Å². The summed E-state index contributed by atoms with van der Waals surface area (Å²) in [6.07, 6.45) is -2.78. The van der Waals surface area contributed by atoms with Crippen LogP contribution in [-0.4, -0.2) is 6.29 Å². The Morgan fingerprint density at radius 1 is 1.22 bits per heavy atom. The second-order valence-electron chi connectivity index (χ2n) is 4.61. The van der Waals surface area contributed by atoms with Crippen LogP contribution in [-0.2, 0) is 0 Å². The third kappa shape index (κ3) is 3.23. The van der Waals surface area contributed by atoms with Crippen molar-refractivity contribution in [2.75, 3.05) is 0 Å². The number of fused-ring (bicyclic) bond motifs is 1. The summed E-state index contributed by atoms with van der Waals surface area (Å²) in [5, 5.41) is 0. The number of ether oxygens (including phenoxy) is 2. The highest BCUT2D eigenvalue weighted by Gasteiger charge is 2.43. The summed E-state index contributed by atoms with van der Waals surface area (Å²) in [6, 6.07) is 4.49. The van der Waals surface area contributed by atoms with E-state index in [2.05, 4.69) is 23.3 Å². The quantitative estimate of drug-likeness (QED) is 0.921. The minimum atomic E-state index is -3.57. The number of rotatable bonds is 3. The van der Waals surface area contributed by atoms with E-state index in [1.165, 1.54) is 12.1 Å². The van der Waals surface area contributed by atoms with Crippen LogP contribution in [0.5, 0.6) is 11.5 Å². The molecule has 0 radical (unpaired) electrons. The van der Waals surface area contributed by atoms with Crippen molar-refractivity contribution in [3.63, 3.8) is 0 Å². The first kappa shape index (κ1) is 15.0. The lowest BCUT2D eigenvalue weighted by atomic mass is 9.98. The van der Waals surface area contributed by atoms with Gasteiger partial charge in [0, 0.05) is 6.04 Å². The van der Waals surface area contributed by atoms with Crippen LogP contribution in [0.3, 0.4) is 0 Å². The Labute approximate surface area is 111 Å². The van der Waals surface area contributed by atoms with Crippen molar-refractivity contribution in [3.8, 4) is 11.5 Å². The molecule has 0 fully saturated rings. The van der Waals surface area contributed by atoms with E-state index < -0.39 is 6.29 Å². The number of halogens is 3. The topological polar surface area (TPSA) is 44.5 Å². The third-order valence-electron chi connectivity index (χ3n) is 2.58. The van der Waals surface area contributed by atoms with Gasteiger partial charge in [0.15, 0.2) is 11.5 Å². The van der Waals surface area contributed by atoms with Gasteiger partial charge in [-0.25, -0.2) is 0 Å². The predicted molar refractivity (Wildman–Crippen MR) is 66.3 cm³/mol. The Hall–Kier alpha value is -1.07. The maximum Gasteiger partial charge on any atom is 0.586 e. The van der Waals surface area contributed by atoms with Crippen LogP contribution in [0, 0.1) is 5.92 Å². The smallest absolute Gasteiger partial charge is 0.395 e. The second-order valence-corrected chi connectivity index (χ2v) is 4.61. The molecule has 0 saturated heterocycles. The van der Waals surface area contributed by atoms with Gasteiger partial charge in [-0.2, -0.15) is 0 Å². The number of alkyl halides is 2. The van der Waals surface area contributed by atoms with Crippen LogP contribution >= 0.6 is 12.4 Å². The number of nitrogens with two attached hydrogens (primary N) is 1. The molecule has 3 nitrogen and oxygen atoms in total. The standard InChI is InChI=1S/C12H15F2NO2.ClH/c1-7(2)5-9(15)8-3-4-10-11(6-8)17-12(13,14)16-10;/h3-4,6-7,9H,5,15H2,1-2H3;1H/t9-;/m1./s1. The Morgan fingerprint density at radius 3 is 2.44 bits per heavy atom. The van der Waals surface area contributed by atoms with Gasteiger partial charge in [-0.05, 0) is 30.0 Å². The van der Waals surface area contributed by atoms with Crippen molar-refractivity contribution in [1.29, 1.82) is 0 Å². The van der Waals surface area contributed by atoms with Gasteiger partial charge in [-0.1, -0.05) is 19.9 Å². The predicted octanol–water partition coefficient (Wildman–Crippen LogP) is 3.48. The maximum atomic E-state index is 12.8. The van der Waals surface area contributed by atoms with E-state index >= 15 is 0 Å². The first-order valence-corrected chi connectivity index (χ1v) is 5.53. The van der Waals surface area contributed by atoms with Crippen molar-refractivity contribution < 1.29 is 18.3 Å². The highest BCUT2D eigenvalue weighted by Crippen LogP contribution is 2.42. The van der Waals surface area contributed by atoms with Crippen molar-refractivity contribution in [1.82, 2.24) is 0 Å². The summed E-state index contributed by atoms with van der Waals surface area (Å²) >= 11 is 0. The minimum absolute atomic E-state index is 0. The largest absolute Gasteiger partial charge is 0.586 e. The lowest BCUT2D eigenvalue weighted by molar-refractivity contribution is -0.286. The Balaban J connectivity index is 0.00000162. The normalized spacial score (nSPS) is 17.4. The zero-order chi connectivity index (χ0) is 12.6. The molecule has 1 atom stereocenters. The van der Waals surface area contributed by atoms with E-state index in [1.54, 1.807) is 6.07 Å². The monoisotopic (exact) mass is 279 g/mol. The Morgan fingerprint density at radius 2 is 1.83 bits per heavy atom.